The van der Waals surface area contributed by atoms with Gasteiger partial charge in [0, 0.05) is 31.5 Å². The van der Waals surface area contributed by atoms with Crippen LogP contribution < -0.4 is 5.32 Å². The summed E-state index contributed by atoms with van der Waals surface area (Å²) >= 11 is 6.04. The number of aryl methyl sites for hydroxylation is 2. The first-order chi connectivity index (χ1) is 12.1. The van der Waals surface area contributed by atoms with E-state index in [1.54, 1.807) is 17.1 Å². The van der Waals surface area contributed by atoms with Gasteiger partial charge in [0.25, 0.3) is 0 Å². The lowest BCUT2D eigenvalue weighted by Crippen LogP contribution is -2.17. The average molecular weight is 354 g/mol. The van der Waals surface area contributed by atoms with Crippen LogP contribution in [-0.4, -0.2) is 29.3 Å². The second-order valence-electron chi connectivity index (χ2n) is 5.75. The van der Waals surface area contributed by atoms with E-state index in [0.717, 1.165) is 22.4 Å². The number of anilines is 1. The van der Waals surface area contributed by atoms with Crippen molar-refractivity contribution in [2.24, 2.45) is 14.1 Å². The Balaban J connectivity index is 1.81. The number of benzene rings is 1. The maximum atomic E-state index is 6.04. The first kappa shape index (κ1) is 15.6. The molecule has 0 aliphatic heterocycles. The van der Waals surface area contributed by atoms with Crippen LogP contribution in [0.5, 0.6) is 0 Å². The lowest BCUT2D eigenvalue weighted by Gasteiger charge is -2.20. The topological polar surface area (TPSA) is 73.5 Å². The number of nitrogens with one attached hydrogen (secondary N) is 1. The number of rotatable bonds is 4. The van der Waals surface area contributed by atoms with Gasteiger partial charge in [-0.05, 0) is 17.7 Å². The molecule has 0 aliphatic rings. The summed E-state index contributed by atoms with van der Waals surface area (Å²) in [7, 11) is 3.82. The summed E-state index contributed by atoms with van der Waals surface area (Å²) in [6, 6.07) is 7.52. The van der Waals surface area contributed by atoms with Crippen molar-refractivity contribution < 1.29 is 0 Å². The smallest absolute Gasteiger partial charge is 0.163 e. The molecule has 0 saturated heterocycles. The quantitative estimate of drug-likeness (QED) is 0.610. The fraction of sp³-hybridized carbons (Fsp3) is 0.176. The van der Waals surface area contributed by atoms with Gasteiger partial charge >= 0.3 is 0 Å². The lowest BCUT2D eigenvalue weighted by molar-refractivity contribution is 0.746. The molecule has 0 fully saturated rings. The third kappa shape index (κ3) is 2.83. The van der Waals surface area contributed by atoms with Crippen molar-refractivity contribution in [3.8, 4) is 0 Å². The van der Waals surface area contributed by atoms with Crippen LogP contribution in [0.3, 0.4) is 0 Å². The molecule has 0 bridgehead atoms. The predicted octanol–water partition coefficient (Wildman–Crippen LogP) is 2.95. The molecule has 25 heavy (non-hydrogen) atoms. The van der Waals surface area contributed by atoms with Crippen LogP contribution >= 0.6 is 11.6 Å². The molecule has 0 saturated carbocycles. The number of hydrogen-bond donors (Lipinski definition) is 1. The van der Waals surface area contributed by atoms with E-state index in [-0.39, 0.29) is 6.04 Å². The van der Waals surface area contributed by atoms with Gasteiger partial charge in [-0.1, -0.05) is 23.7 Å². The summed E-state index contributed by atoms with van der Waals surface area (Å²) in [4.78, 5) is 13.2. The van der Waals surface area contributed by atoms with Crippen molar-refractivity contribution in [1.82, 2.24) is 29.3 Å². The molecule has 0 aliphatic carbocycles. The molecule has 0 spiro atoms. The van der Waals surface area contributed by atoms with Gasteiger partial charge in [-0.15, -0.1) is 0 Å². The molecule has 4 rings (SSSR count). The van der Waals surface area contributed by atoms with Crippen LogP contribution in [0, 0.1) is 0 Å². The third-order valence-electron chi connectivity index (χ3n) is 4.13. The minimum Gasteiger partial charge on any atom is -0.356 e. The Labute approximate surface area is 149 Å². The van der Waals surface area contributed by atoms with E-state index in [1.807, 2.05) is 49.1 Å². The molecule has 1 aromatic carbocycles. The van der Waals surface area contributed by atoms with Gasteiger partial charge in [-0.2, -0.15) is 5.10 Å². The number of fused-ring (bicyclic) bond motifs is 1. The summed E-state index contributed by atoms with van der Waals surface area (Å²) in [5.74, 6) is 1.58. The molecule has 3 aromatic heterocycles. The highest BCUT2D eigenvalue weighted by Crippen LogP contribution is 2.28. The van der Waals surface area contributed by atoms with Gasteiger partial charge in [-0.25, -0.2) is 15.0 Å². The van der Waals surface area contributed by atoms with Crippen LogP contribution in [0.25, 0.3) is 11.0 Å². The van der Waals surface area contributed by atoms with Crippen molar-refractivity contribution in [1.29, 1.82) is 0 Å². The van der Waals surface area contributed by atoms with Gasteiger partial charge in [0.05, 0.1) is 11.6 Å². The molecular weight excluding hydrogens is 338 g/mol. The number of hydrogen-bond acceptors (Lipinski definition) is 5. The fourth-order valence-corrected chi connectivity index (χ4v) is 2.95. The predicted molar refractivity (Wildman–Crippen MR) is 96.4 cm³/mol. The molecule has 1 unspecified atom stereocenters. The molecule has 1 N–H and O–H groups in total. The van der Waals surface area contributed by atoms with Crippen LogP contribution in [0.2, 0.25) is 5.02 Å². The first-order valence-electron chi connectivity index (χ1n) is 7.75. The molecule has 0 amide bonds. The first-order valence-corrected chi connectivity index (χ1v) is 8.13. The Kier molecular flexibility index (Phi) is 3.85. The van der Waals surface area contributed by atoms with E-state index >= 15 is 0 Å². The standard InChI is InChI=1S/C17H16ClN7/c1-24-8-7-19-17(24)14(11-3-5-12(18)6-4-11)23-15-13-9-22-25(2)16(13)21-10-20-15/h3-10,14H,1-2H3,(H,20,21,23). The van der Waals surface area contributed by atoms with E-state index in [1.165, 1.54) is 6.33 Å². The molecule has 0 radical (unpaired) electrons. The average Bonchev–Trinajstić information content (AvgIpc) is 3.20. The van der Waals surface area contributed by atoms with Gasteiger partial charge in [0.1, 0.15) is 24.0 Å². The van der Waals surface area contributed by atoms with Crippen molar-refractivity contribution >= 4 is 28.5 Å². The summed E-state index contributed by atoms with van der Waals surface area (Å²) < 4.78 is 3.70. The van der Waals surface area contributed by atoms with Crippen molar-refractivity contribution in [2.45, 2.75) is 6.04 Å². The minimum absolute atomic E-state index is 0.185. The normalized spacial score (nSPS) is 12.4. The molecule has 1 atom stereocenters. The zero-order valence-corrected chi connectivity index (χ0v) is 14.5. The second kappa shape index (κ2) is 6.18. The second-order valence-corrected chi connectivity index (χ2v) is 6.19. The number of nitrogens with zero attached hydrogens (tertiary/aromatic N) is 6. The van der Waals surface area contributed by atoms with E-state index in [0.29, 0.717) is 10.8 Å². The third-order valence-corrected chi connectivity index (χ3v) is 4.38. The monoisotopic (exact) mass is 353 g/mol. The highest BCUT2D eigenvalue weighted by Gasteiger charge is 2.20. The Morgan fingerprint density at radius 3 is 2.60 bits per heavy atom. The lowest BCUT2D eigenvalue weighted by atomic mass is 10.1. The van der Waals surface area contributed by atoms with Crippen LogP contribution in [0.4, 0.5) is 5.82 Å². The SMILES string of the molecule is Cn1ccnc1C(Nc1ncnc2c1cnn2C)c1ccc(Cl)cc1. The van der Waals surface area contributed by atoms with Crippen LogP contribution in [0.15, 0.2) is 49.2 Å². The van der Waals surface area contributed by atoms with E-state index in [2.05, 4.69) is 25.4 Å². The zero-order valence-electron chi connectivity index (χ0n) is 13.8. The molecule has 126 valence electrons. The van der Waals surface area contributed by atoms with Gasteiger partial charge in [0.2, 0.25) is 0 Å². The Morgan fingerprint density at radius 1 is 1.08 bits per heavy atom. The molecular formula is C17H16ClN7. The van der Waals surface area contributed by atoms with Gasteiger partial charge in [0.15, 0.2) is 5.65 Å². The van der Waals surface area contributed by atoms with E-state index < -0.39 is 0 Å². The Morgan fingerprint density at radius 2 is 1.88 bits per heavy atom. The molecule has 4 aromatic rings. The number of halogens is 1. The van der Waals surface area contributed by atoms with E-state index in [4.69, 9.17) is 11.6 Å². The van der Waals surface area contributed by atoms with Crippen molar-refractivity contribution in [3.63, 3.8) is 0 Å². The number of imidazole rings is 1. The highest BCUT2D eigenvalue weighted by molar-refractivity contribution is 6.30. The maximum absolute atomic E-state index is 6.04. The summed E-state index contributed by atoms with van der Waals surface area (Å²) in [6.07, 6.45) is 6.98. The minimum atomic E-state index is -0.185. The highest BCUT2D eigenvalue weighted by atomic mass is 35.5. The van der Waals surface area contributed by atoms with Crippen molar-refractivity contribution in [2.75, 3.05) is 5.32 Å². The molecule has 3 heterocycles. The van der Waals surface area contributed by atoms with Crippen LogP contribution in [-0.2, 0) is 14.1 Å². The summed E-state index contributed by atoms with van der Waals surface area (Å²) in [5.41, 5.74) is 1.81. The Hall–Kier alpha value is -2.93. The van der Waals surface area contributed by atoms with Crippen molar-refractivity contribution in [3.05, 3.63) is 65.6 Å². The van der Waals surface area contributed by atoms with Crippen LogP contribution in [0.1, 0.15) is 17.4 Å². The largest absolute Gasteiger partial charge is 0.356 e. The zero-order chi connectivity index (χ0) is 17.4. The summed E-state index contributed by atoms with van der Waals surface area (Å²) in [6.45, 7) is 0. The maximum Gasteiger partial charge on any atom is 0.163 e. The fourth-order valence-electron chi connectivity index (χ4n) is 2.82. The number of aromatic nitrogens is 6. The molecule has 8 heteroatoms. The van der Waals surface area contributed by atoms with Gasteiger partial charge in [-0.3, -0.25) is 4.68 Å². The summed E-state index contributed by atoms with van der Waals surface area (Å²) in [5, 5.41) is 9.30. The Bertz CT molecular complexity index is 1020. The van der Waals surface area contributed by atoms with Gasteiger partial charge < -0.3 is 9.88 Å². The molecule has 7 nitrogen and oxygen atoms in total. The van der Waals surface area contributed by atoms with E-state index in [9.17, 15) is 0 Å².